The van der Waals surface area contributed by atoms with E-state index >= 15 is 0 Å². The Morgan fingerprint density at radius 3 is 2.85 bits per heavy atom. The van der Waals surface area contributed by atoms with E-state index in [-0.39, 0.29) is 11.4 Å². The molecule has 0 aromatic heterocycles. The molecule has 0 N–H and O–H groups in total. The Hall–Kier alpha value is -1.58. The molecule has 0 unspecified atom stereocenters. The van der Waals surface area contributed by atoms with Gasteiger partial charge in [-0.05, 0) is 13.8 Å². The van der Waals surface area contributed by atoms with Crippen molar-refractivity contribution in [3.05, 3.63) is 40.8 Å². The minimum atomic E-state index is -0.473. The topological polar surface area (TPSA) is 52.4 Å². The second-order valence-electron chi connectivity index (χ2n) is 2.46. The van der Waals surface area contributed by atoms with Gasteiger partial charge in [0.05, 0.1) is 11.5 Å². The molecule has 4 nitrogen and oxygen atoms in total. The van der Waals surface area contributed by atoms with Crippen LogP contribution in [0.2, 0.25) is 0 Å². The molecule has 69 valence electrons. The number of ether oxygens (including phenoxy) is 1. The average Bonchev–Trinajstić information content (AvgIpc) is 2.08. The van der Waals surface area contributed by atoms with E-state index in [1.165, 1.54) is 6.07 Å². The lowest BCUT2D eigenvalue weighted by atomic mass is 10.2. The first-order valence-corrected chi connectivity index (χ1v) is 3.89. The standard InChI is InChI=1S/C9H10NO3/c1-3-13-9-7(2)5-4-6-8(9)10(11)12/h4-6H,2-3H2,1H3. The van der Waals surface area contributed by atoms with Crippen LogP contribution in [0.15, 0.2) is 18.2 Å². The summed E-state index contributed by atoms with van der Waals surface area (Å²) in [5, 5.41) is 10.5. The lowest BCUT2D eigenvalue weighted by Gasteiger charge is -2.06. The Labute approximate surface area is 76.3 Å². The molecule has 0 amide bonds. The minimum absolute atomic E-state index is 0.0330. The molecular formula is C9H10NO3. The number of hydrogen-bond acceptors (Lipinski definition) is 3. The molecule has 0 aliphatic heterocycles. The predicted octanol–water partition coefficient (Wildman–Crippen LogP) is 2.18. The molecule has 4 heteroatoms. The molecule has 1 radical (unpaired) electrons. The predicted molar refractivity (Wildman–Crippen MR) is 48.7 cm³/mol. The van der Waals surface area contributed by atoms with Gasteiger partial charge in [-0.3, -0.25) is 10.1 Å². The molecule has 0 saturated heterocycles. The van der Waals surface area contributed by atoms with Gasteiger partial charge in [0, 0.05) is 11.6 Å². The SMILES string of the molecule is [CH2]c1cccc([N+](=O)[O-])c1OCC. The smallest absolute Gasteiger partial charge is 0.311 e. The highest BCUT2D eigenvalue weighted by Gasteiger charge is 2.15. The van der Waals surface area contributed by atoms with E-state index in [2.05, 4.69) is 6.92 Å². The van der Waals surface area contributed by atoms with Crippen molar-refractivity contribution in [2.75, 3.05) is 6.61 Å². The van der Waals surface area contributed by atoms with E-state index in [9.17, 15) is 10.1 Å². The van der Waals surface area contributed by atoms with Crippen molar-refractivity contribution in [3.63, 3.8) is 0 Å². The Morgan fingerprint density at radius 2 is 2.31 bits per heavy atom. The van der Waals surface area contributed by atoms with Crippen LogP contribution in [0.3, 0.4) is 0 Å². The van der Waals surface area contributed by atoms with Gasteiger partial charge in [-0.15, -0.1) is 0 Å². The van der Waals surface area contributed by atoms with Crippen molar-refractivity contribution in [2.24, 2.45) is 0 Å². The van der Waals surface area contributed by atoms with Gasteiger partial charge in [0.2, 0.25) is 0 Å². The number of benzene rings is 1. The van der Waals surface area contributed by atoms with Gasteiger partial charge >= 0.3 is 5.69 Å². The van der Waals surface area contributed by atoms with Crippen LogP contribution in [-0.4, -0.2) is 11.5 Å². The lowest BCUT2D eigenvalue weighted by molar-refractivity contribution is -0.385. The number of rotatable bonds is 3. The van der Waals surface area contributed by atoms with E-state index in [1.54, 1.807) is 19.1 Å². The molecule has 0 heterocycles. The summed E-state index contributed by atoms with van der Waals surface area (Å²) < 4.78 is 5.12. The number of nitrogens with zero attached hydrogens (tertiary/aromatic N) is 1. The van der Waals surface area contributed by atoms with Crippen LogP contribution < -0.4 is 4.74 Å². The molecule has 1 aromatic carbocycles. The van der Waals surface area contributed by atoms with Gasteiger partial charge in [-0.25, -0.2) is 0 Å². The Kier molecular flexibility index (Phi) is 2.84. The quantitative estimate of drug-likeness (QED) is 0.529. The fraction of sp³-hybridized carbons (Fsp3) is 0.222. The minimum Gasteiger partial charge on any atom is -0.487 e. The molecule has 0 aliphatic carbocycles. The van der Waals surface area contributed by atoms with Crippen molar-refractivity contribution in [1.82, 2.24) is 0 Å². The van der Waals surface area contributed by atoms with Crippen LogP contribution in [0.5, 0.6) is 5.75 Å². The second-order valence-corrected chi connectivity index (χ2v) is 2.46. The second kappa shape index (κ2) is 3.89. The summed E-state index contributed by atoms with van der Waals surface area (Å²) in [5.74, 6) is 0.259. The van der Waals surface area contributed by atoms with Crippen molar-refractivity contribution in [2.45, 2.75) is 6.92 Å². The van der Waals surface area contributed by atoms with Crippen molar-refractivity contribution in [1.29, 1.82) is 0 Å². The van der Waals surface area contributed by atoms with Gasteiger partial charge in [0.25, 0.3) is 0 Å². The van der Waals surface area contributed by atoms with Crippen LogP contribution in [0, 0.1) is 17.0 Å². The number of para-hydroxylation sites is 1. The van der Waals surface area contributed by atoms with Crippen LogP contribution >= 0.6 is 0 Å². The largest absolute Gasteiger partial charge is 0.487 e. The monoisotopic (exact) mass is 180 g/mol. The van der Waals surface area contributed by atoms with Gasteiger partial charge in [0.15, 0.2) is 5.75 Å². The highest BCUT2D eigenvalue weighted by Crippen LogP contribution is 2.29. The fourth-order valence-corrected chi connectivity index (χ4v) is 1.03. The van der Waals surface area contributed by atoms with E-state index < -0.39 is 4.92 Å². The molecule has 0 bridgehead atoms. The number of nitro groups is 1. The summed E-state index contributed by atoms with van der Waals surface area (Å²) in [6.45, 7) is 5.82. The third-order valence-electron chi connectivity index (χ3n) is 1.56. The molecule has 0 spiro atoms. The zero-order valence-electron chi connectivity index (χ0n) is 7.32. The molecule has 0 aliphatic rings. The number of hydrogen-bond donors (Lipinski definition) is 0. The third kappa shape index (κ3) is 1.96. The summed E-state index contributed by atoms with van der Waals surface area (Å²) in [6, 6.07) is 4.67. The molecular weight excluding hydrogens is 170 g/mol. The lowest BCUT2D eigenvalue weighted by Crippen LogP contribution is -1.99. The molecule has 1 rings (SSSR count). The van der Waals surface area contributed by atoms with E-state index in [0.29, 0.717) is 12.2 Å². The molecule has 0 saturated carbocycles. The molecule has 0 atom stereocenters. The zero-order valence-corrected chi connectivity index (χ0v) is 7.32. The maximum Gasteiger partial charge on any atom is 0.311 e. The normalized spacial score (nSPS) is 9.69. The van der Waals surface area contributed by atoms with Gasteiger partial charge < -0.3 is 4.74 Å². The maximum atomic E-state index is 10.5. The molecule has 1 aromatic rings. The first kappa shape index (κ1) is 9.51. The first-order chi connectivity index (χ1) is 6.16. The summed E-state index contributed by atoms with van der Waals surface area (Å²) in [7, 11) is 0. The summed E-state index contributed by atoms with van der Waals surface area (Å²) in [4.78, 5) is 10.1. The van der Waals surface area contributed by atoms with Gasteiger partial charge in [0.1, 0.15) is 0 Å². The van der Waals surface area contributed by atoms with Crippen LogP contribution in [0.1, 0.15) is 12.5 Å². The van der Waals surface area contributed by atoms with Crippen molar-refractivity contribution >= 4 is 5.69 Å². The van der Waals surface area contributed by atoms with E-state index in [4.69, 9.17) is 4.74 Å². The summed E-state index contributed by atoms with van der Waals surface area (Å²) >= 11 is 0. The zero-order chi connectivity index (χ0) is 9.84. The van der Waals surface area contributed by atoms with Crippen LogP contribution in [0.4, 0.5) is 5.69 Å². The van der Waals surface area contributed by atoms with Crippen LogP contribution in [-0.2, 0) is 0 Å². The molecule has 13 heavy (non-hydrogen) atoms. The highest BCUT2D eigenvalue weighted by atomic mass is 16.6. The molecule has 0 fully saturated rings. The Morgan fingerprint density at radius 1 is 1.62 bits per heavy atom. The van der Waals surface area contributed by atoms with E-state index in [1.807, 2.05) is 0 Å². The van der Waals surface area contributed by atoms with Gasteiger partial charge in [-0.1, -0.05) is 12.1 Å². The maximum absolute atomic E-state index is 10.5. The van der Waals surface area contributed by atoms with Crippen molar-refractivity contribution < 1.29 is 9.66 Å². The van der Waals surface area contributed by atoms with E-state index in [0.717, 1.165) is 0 Å². The van der Waals surface area contributed by atoms with Crippen LogP contribution in [0.25, 0.3) is 0 Å². The summed E-state index contributed by atoms with van der Waals surface area (Å²) in [5.41, 5.74) is 0.505. The van der Waals surface area contributed by atoms with Crippen molar-refractivity contribution in [3.8, 4) is 5.75 Å². The Bertz CT molecular complexity index is 323. The summed E-state index contributed by atoms with van der Waals surface area (Å²) in [6.07, 6.45) is 0. The van der Waals surface area contributed by atoms with Gasteiger partial charge in [-0.2, -0.15) is 0 Å². The Balaban J connectivity index is 3.17. The number of nitro benzene ring substituents is 1. The first-order valence-electron chi connectivity index (χ1n) is 3.89. The highest BCUT2D eigenvalue weighted by molar-refractivity contribution is 5.52. The fourth-order valence-electron chi connectivity index (χ4n) is 1.03. The average molecular weight is 180 g/mol. The third-order valence-corrected chi connectivity index (χ3v) is 1.56.